The van der Waals surface area contributed by atoms with Crippen LogP contribution in [0.15, 0.2) is 30.3 Å². The van der Waals surface area contributed by atoms with Crippen molar-refractivity contribution >= 4 is 29.1 Å². The Balaban J connectivity index is 2.46. The van der Waals surface area contributed by atoms with E-state index in [-0.39, 0.29) is 16.9 Å². The molecule has 1 aromatic rings. The fraction of sp³-hybridized carbons (Fsp3) is 0.357. The van der Waals surface area contributed by atoms with Crippen LogP contribution in [-0.2, 0) is 15.0 Å². The lowest BCUT2D eigenvalue weighted by atomic mass is 9.74. The van der Waals surface area contributed by atoms with Gasteiger partial charge < -0.3 is 15.5 Å². The third-order valence-electron chi connectivity index (χ3n) is 3.43. The van der Waals surface area contributed by atoms with E-state index in [1.807, 2.05) is 37.2 Å². The molecule has 2 amide bonds. The van der Waals surface area contributed by atoms with Crippen LogP contribution in [0.25, 0.3) is 0 Å². The summed E-state index contributed by atoms with van der Waals surface area (Å²) in [5.74, 6) is -0.724. The third kappa shape index (κ3) is 2.57. The average molecular weight is 291 g/mol. The Hall–Kier alpha value is -1.79. The van der Waals surface area contributed by atoms with E-state index in [4.69, 9.17) is 12.2 Å². The Morgan fingerprint density at radius 2 is 1.65 bits per heavy atom. The summed E-state index contributed by atoms with van der Waals surface area (Å²) in [6.45, 7) is 0.614. The number of hydrogen-bond acceptors (Lipinski definition) is 4. The number of thiocarbonyl (C=S) groups is 1. The monoisotopic (exact) mass is 291 g/mol. The number of amides is 2. The zero-order valence-corrected chi connectivity index (χ0v) is 12.3. The number of nitrogens with one attached hydrogen (secondary N) is 2. The van der Waals surface area contributed by atoms with Crippen molar-refractivity contribution in [2.75, 3.05) is 20.6 Å². The van der Waals surface area contributed by atoms with E-state index in [1.165, 1.54) is 0 Å². The molecule has 0 unspecified atom stereocenters. The maximum absolute atomic E-state index is 12.5. The summed E-state index contributed by atoms with van der Waals surface area (Å²) < 4.78 is 0. The molecule has 1 fully saturated rings. The third-order valence-corrected chi connectivity index (χ3v) is 3.63. The lowest BCUT2D eigenvalue weighted by Crippen LogP contribution is -2.65. The predicted molar refractivity (Wildman–Crippen MR) is 80.2 cm³/mol. The Bertz CT molecular complexity index is 523. The summed E-state index contributed by atoms with van der Waals surface area (Å²) in [5, 5.41) is 5.20. The Morgan fingerprint density at radius 3 is 2.15 bits per heavy atom. The first-order chi connectivity index (χ1) is 9.46. The van der Waals surface area contributed by atoms with Crippen molar-refractivity contribution in [1.82, 2.24) is 15.5 Å². The van der Waals surface area contributed by atoms with Crippen LogP contribution in [0, 0.1) is 0 Å². The summed E-state index contributed by atoms with van der Waals surface area (Å²) in [5.41, 5.74) is -0.548. The Morgan fingerprint density at radius 1 is 1.10 bits per heavy atom. The topological polar surface area (TPSA) is 61.4 Å². The molecular weight excluding hydrogens is 274 g/mol. The van der Waals surface area contributed by atoms with Crippen LogP contribution in [0.2, 0.25) is 0 Å². The van der Waals surface area contributed by atoms with Gasteiger partial charge >= 0.3 is 0 Å². The van der Waals surface area contributed by atoms with Crippen molar-refractivity contribution in [3.63, 3.8) is 0 Å². The highest BCUT2D eigenvalue weighted by atomic mass is 32.1. The molecule has 0 atom stereocenters. The summed E-state index contributed by atoms with van der Waals surface area (Å²) in [6.07, 6.45) is 0.393. The quantitative estimate of drug-likeness (QED) is 0.623. The minimum atomic E-state index is -1.23. The zero-order valence-electron chi connectivity index (χ0n) is 11.5. The molecule has 106 valence electrons. The van der Waals surface area contributed by atoms with Crippen molar-refractivity contribution in [2.45, 2.75) is 11.8 Å². The lowest BCUT2D eigenvalue weighted by molar-refractivity contribution is -0.138. The maximum Gasteiger partial charge on any atom is 0.246 e. The van der Waals surface area contributed by atoms with Gasteiger partial charge in [0.25, 0.3) is 0 Å². The minimum absolute atomic E-state index is 0.0661. The Labute approximate surface area is 123 Å². The van der Waals surface area contributed by atoms with Crippen molar-refractivity contribution in [3.05, 3.63) is 35.9 Å². The molecule has 1 aliphatic rings. The molecule has 1 aliphatic heterocycles. The van der Waals surface area contributed by atoms with Gasteiger partial charge in [0, 0.05) is 0 Å². The van der Waals surface area contributed by atoms with Gasteiger partial charge in [-0.2, -0.15) is 0 Å². The van der Waals surface area contributed by atoms with Gasteiger partial charge in [-0.3, -0.25) is 9.59 Å². The minimum Gasteiger partial charge on any atom is -0.309 e. The van der Waals surface area contributed by atoms with Crippen LogP contribution in [0.3, 0.4) is 0 Å². The van der Waals surface area contributed by atoms with Crippen molar-refractivity contribution in [3.8, 4) is 0 Å². The summed E-state index contributed by atoms with van der Waals surface area (Å²) in [6, 6.07) is 9.08. The average Bonchev–Trinajstić information content (AvgIpc) is 2.39. The molecule has 1 heterocycles. The standard InChI is InChI=1S/C14H17N3O2S/c1-17(2)9-8-14(10-6-4-3-5-7-10)11(18)15-13(20)16-12(14)19/h3-7H,8-9H2,1-2H3,(H2,15,16,18,19,20). The van der Waals surface area contributed by atoms with Gasteiger partial charge in [0.2, 0.25) is 11.8 Å². The van der Waals surface area contributed by atoms with Crippen molar-refractivity contribution in [2.24, 2.45) is 0 Å². The zero-order chi connectivity index (χ0) is 14.8. The highest BCUT2D eigenvalue weighted by Gasteiger charge is 2.50. The van der Waals surface area contributed by atoms with Crippen LogP contribution < -0.4 is 10.6 Å². The molecular formula is C14H17N3O2S. The molecule has 0 aliphatic carbocycles. The Kier molecular flexibility index (Phi) is 4.15. The van der Waals surface area contributed by atoms with Gasteiger partial charge in [-0.1, -0.05) is 30.3 Å². The fourth-order valence-electron chi connectivity index (χ4n) is 2.30. The first kappa shape index (κ1) is 14.6. The van der Waals surface area contributed by atoms with Crippen LogP contribution in [0.4, 0.5) is 0 Å². The molecule has 2 rings (SSSR count). The van der Waals surface area contributed by atoms with E-state index in [9.17, 15) is 9.59 Å². The normalized spacial score (nSPS) is 17.9. The lowest BCUT2D eigenvalue weighted by Gasteiger charge is -2.36. The molecule has 20 heavy (non-hydrogen) atoms. The summed E-state index contributed by atoms with van der Waals surface area (Å²) in [7, 11) is 3.81. The van der Waals surface area contributed by atoms with Gasteiger partial charge in [0.1, 0.15) is 0 Å². The number of rotatable bonds is 4. The van der Waals surface area contributed by atoms with E-state index in [1.54, 1.807) is 12.1 Å². The number of carbonyl (C=O) groups is 2. The maximum atomic E-state index is 12.5. The predicted octanol–water partition coefficient (Wildman–Crippen LogP) is 0.407. The first-order valence-corrected chi connectivity index (χ1v) is 6.75. The van der Waals surface area contributed by atoms with Crippen LogP contribution >= 0.6 is 12.2 Å². The van der Waals surface area contributed by atoms with Crippen molar-refractivity contribution < 1.29 is 9.59 Å². The van der Waals surface area contributed by atoms with E-state index in [0.717, 1.165) is 0 Å². The van der Waals surface area contributed by atoms with E-state index < -0.39 is 5.41 Å². The molecule has 0 spiro atoms. The van der Waals surface area contributed by atoms with Crippen LogP contribution in [0.5, 0.6) is 0 Å². The number of nitrogens with zero attached hydrogens (tertiary/aromatic N) is 1. The van der Waals surface area contributed by atoms with E-state index >= 15 is 0 Å². The number of carbonyl (C=O) groups excluding carboxylic acids is 2. The SMILES string of the molecule is CN(C)CCC1(c2ccccc2)C(=O)NC(=S)NC1=O. The van der Waals surface area contributed by atoms with Gasteiger partial charge in [-0.15, -0.1) is 0 Å². The molecule has 0 bridgehead atoms. The second-order valence-corrected chi connectivity index (χ2v) is 5.47. The summed E-state index contributed by atoms with van der Waals surface area (Å²) >= 11 is 4.87. The molecule has 0 aromatic heterocycles. The molecule has 5 nitrogen and oxygen atoms in total. The largest absolute Gasteiger partial charge is 0.309 e. The number of benzene rings is 1. The molecule has 0 radical (unpaired) electrons. The van der Waals surface area contributed by atoms with Gasteiger partial charge in [-0.05, 0) is 44.8 Å². The first-order valence-electron chi connectivity index (χ1n) is 6.34. The molecule has 1 saturated heterocycles. The second kappa shape index (κ2) is 5.68. The van der Waals surface area contributed by atoms with Crippen LogP contribution in [0.1, 0.15) is 12.0 Å². The highest BCUT2D eigenvalue weighted by Crippen LogP contribution is 2.30. The van der Waals surface area contributed by atoms with E-state index in [2.05, 4.69) is 10.6 Å². The smallest absolute Gasteiger partial charge is 0.246 e. The van der Waals surface area contributed by atoms with Gasteiger partial charge in [0.15, 0.2) is 10.5 Å². The molecule has 0 saturated carbocycles. The molecule has 6 heteroatoms. The van der Waals surface area contributed by atoms with Crippen molar-refractivity contribution in [1.29, 1.82) is 0 Å². The van der Waals surface area contributed by atoms with E-state index in [0.29, 0.717) is 18.5 Å². The van der Waals surface area contributed by atoms with Gasteiger partial charge in [-0.25, -0.2) is 0 Å². The number of hydrogen-bond donors (Lipinski definition) is 2. The molecule has 1 aromatic carbocycles. The van der Waals surface area contributed by atoms with Crippen LogP contribution in [-0.4, -0.2) is 42.5 Å². The summed E-state index contributed by atoms with van der Waals surface area (Å²) in [4.78, 5) is 26.9. The molecule has 2 N–H and O–H groups in total. The highest BCUT2D eigenvalue weighted by molar-refractivity contribution is 7.80. The van der Waals surface area contributed by atoms with Gasteiger partial charge in [0.05, 0.1) is 0 Å². The fourth-order valence-corrected chi connectivity index (χ4v) is 2.49. The second-order valence-electron chi connectivity index (χ2n) is 5.06.